The van der Waals surface area contributed by atoms with E-state index in [1.165, 1.54) is 0 Å². The number of fused-ring (bicyclic) bond motifs is 2. The minimum Gasteiger partial charge on any atom is -0.436 e. The summed E-state index contributed by atoms with van der Waals surface area (Å²) in [6.45, 7) is 0. The van der Waals surface area contributed by atoms with Crippen LogP contribution in [0.4, 0.5) is 0 Å². The Kier molecular flexibility index (Phi) is 1.46. The number of aromatic nitrogens is 2. The molecule has 0 spiro atoms. The van der Waals surface area contributed by atoms with Gasteiger partial charge >= 0.3 is 0 Å². The van der Waals surface area contributed by atoms with Crippen LogP contribution in [0.15, 0.2) is 34.7 Å². The zero-order chi connectivity index (χ0) is 9.54. The monoisotopic (exact) mass is 202 g/mol. The van der Waals surface area contributed by atoms with Crippen LogP contribution < -0.4 is 0 Å². The molecule has 1 aromatic carbocycles. The van der Waals surface area contributed by atoms with Crippen LogP contribution in [0.5, 0.6) is 0 Å². The lowest BCUT2D eigenvalue weighted by Gasteiger charge is -1.99. The molecule has 68 valence electrons. The number of hydrogen-bond donors (Lipinski definition) is 1. The van der Waals surface area contributed by atoms with Crippen molar-refractivity contribution in [1.29, 1.82) is 0 Å². The summed E-state index contributed by atoms with van der Waals surface area (Å²) in [6, 6.07) is 9.78. The van der Waals surface area contributed by atoms with Gasteiger partial charge in [0.15, 0.2) is 0 Å². The van der Waals surface area contributed by atoms with Gasteiger partial charge in [-0.3, -0.25) is 5.10 Å². The summed E-state index contributed by atoms with van der Waals surface area (Å²) in [4.78, 5) is 0. The van der Waals surface area contributed by atoms with Crippen molar-refractivity contribution in [2.75, 3.05) is 0 Å². The molecule has 0 saturated heterocycles. The lowest BCUT2D eigenvalue weighted by Crippen LogP contribution is -1.78. The van der Waals surface area contributed by atoms with Crippen molar-refractivity contribution in [1.82, 2.24) is 10.2 Å². The number of para-hydroxylation sites is 1. The first-order valence-electron chi connectivity index (χ1n) is 4.21. The molecule has 2 aliphatic heterocycles. The van der Waals surface area contributed by atoms with Crippen LogP contribution in [0.2, 0.25) is 0 Å². The third-order valence-corrected chi connectivity index (χ3v) is 2.47. The van der Waals surface area contributed by atoms with Gasteiger partial charge in [0, 0.05) is 5.39 Å². The molecule has 0 aromatic heterocycles. The zero-order valence-corrected chi connectivity index (χ0v) is 7.97. The molecule has 0 radical (unpaired) electrons. The Labute approximate surface area is 84.7 Å². The number of benzene rings is 1. The van der Waals surface area contributed by atoms with Crippen LogP contribution in [0.1, 0.15) is 0 Å². The summed E-state index contributed by atoms with van der Waals surface area (Å²) in [6.07, 6.45) is 0. The van der Waals surface area contributed by atoms with Crippen LogP contribution in [-0.2, 0) is 0 Å². The van der Waals surface area contributed by atoms with Gasteiger partial charge in [-0.15, -0.1) is 5.10 Å². The van der Waals surface area contributed by atoms with Gasteiger partial charge in [0.1, 0.15) is 10.2 Å². The van der Waals surface area contributed by atoms with Crippen molar-refractivity contribution in [2.45, 2.75) is 0 Å². The molecule has 0 fully saturated rings. The second kappa shape index (κ2) is 2.65. The topological polar surface area (TPSA) is 41.8 Å². The Morgan fingerprint density at radius 2 is 2.14 bits per heavy atom. The minimum atomic E-state index is 0.564. The molecule has 2 heterocycles. The molecule has 0 saturated carbocycles. The van der Waals surface area contributed by atoms with E-state index in [1.54, 1.807) is 0 Å². The maximum absolute atomic E-state index is 5.56. The van der Waals surface area contributed by atoms with Gasteiger partial charge in [0.05, 0.1) is 5.56 Å². The van der Waals surface area contributed by atoms with E-state index in [0.717, 1.165) is 16.5 Å². The highest BCUT2D eigenvalue weighted by molar-refractivity contribution is 7.71. The van der Waals surface area contributed by atoms with Crippen LogP contribution in [0.3, 0.4) is 0 Å². The highest BCUT2D eigenvalue weighted by atomic mass is 32.1. The molecular formula is C10H6N2OS. The zero-order valence-electron chi connectivity index (χ0n) is 7.15. The Balaban J connectivity index is 2.56. The molecule has 4 heteroatoms. The third-order valence-electron chi connectivity index (χ3n) is 2.16. The maximum atomic E-state index is 5.56. The molecule has 0 aliphatic carbocycles. The van der Waals surface area contributed by atoms with E-state index < -0.39 is 0 Å². The smallest absolute Gasteiger partial charge is 0.246 e. The van der Waals surface area contributed by atoms with Gasteiger partial charge < -0.3 is 4.42 Å². The SMILES string of the molecule is S=c1[nH]nc2oc3ccccc3cc1-2. The second-order valence-corrected chi connectivity index (χ2v) is 3.46. The fourth-order valence-electron chi connectivity index (χ4n) is 1.48. The molecule has 0 bridgehead atoms. The molecule has 3 nitrogen and oxygen atoms in total. The number of rotatable bonds is 0. The lowest BCUT2D eigenvalue weighted by atomic mass is 10.2. The van der Waals surface area contributed by atoms with Crippen LogP contribution in [0, 0.1) is 4.64 Å². The Morgan fingerprint density at radius 3 is 3.07 bits per heavy atom. The third kappa shape index (κ3) is 0.975. The minimum absolute atomic E-state index is 0.564. The normalized spacial score (nSPS) is 11.1. The maximum Gasteiger partial charge on any atom is 0.246 e. The van der Waals surface area contributed by atoms with Crippen LogP contribution in [-0.4, -0.2) is 10.2 Å². The van der Waals surface area contributed by atoms with Crippen molar-refractivity contribution in [3.05, 3.63) is 35.0 Å². The van der Waals surface area contributed by atoms with E-state index in [2.05, 4.69) is 10.2 Å². The van der Waals surface area contributed by atoms with Crippen molar-refractivity contribution in [2.24, 2.45) is 0 Å². The average molecular weight is 202 g/mol. The van der Waals surface area contributed by atoms with E-state index in [-0.39, 0.29) is 0 Å². The summed E-state index contributed by atoms with van der Waals surface area (Å²) >= 11 is 5.07. The second-order valence-electron chi connectivity index (χ2n) is 3.06. The van der Waals surface area contributed by atoms with Gasteiger partial charge in [0.25, 0.3) is 0 Å². The van der Waals surface area contributed by atoms with E-state index in [0.29, 0.717) is 10.5 Å². The molecule has 1 aromatic rings. The molecule has 2 aliphatic rings. The van der Waals surface area contributed by atoms with Gasteiger partial charge in [0.2, 0.25) is 5.89 Å². The molecule has 0 atom stereocenters. The first kappa shape index (κ1) is 7.70. The Hall–Kier alpha value is -1.68. The quantitative estimate of drug-likeness (QED) is 0.570. The highest BCUT2D eigenvalue weighted by Crippen LogP contribution is 2.26. The molecule has 0 unspecified atom stereocenters. The van der Waals surface area contributed by atoms with Crippen molar-refractivity contribution in [3.8, 4) is 11.5 Å². The fraction of sp³-hybridized carbons (Fsp3) is 0. The number of nitrogens with zero attached hydrogens (tertiary/aromatic N) is 1. The standard InChI is InChI=1S/C10H6N2OS/c14-10-7-5-6-3-1-2-4-8(6)13-9(7)11-12-10/h1-5H,(H,12,14). The van der Waals surface area contributed by atoms with Crippen molar-refractivity contribution < 1.29 is 4.42 Å². The Bertz CT molecular complexity index is 625. The predicted octanol–water partition coefficient (Wildman–Crippen LogP) is 2.99. The van der Waals surface area contributed by atoms with E-state index >= 15 is 0 Å². The van der Waals surface area contributed by atoms with Crippen LogP contribution >= 0.6 is 12.2 Å². The number of aromatic amines is 1. The molecule has 3 rings (SSSR count). The predicted molar refractivity (Wildman–Crippen MR) is 55.8 cm³/mol. The van der Waals surface area contributed by atoms with E-state index in [4.69, 9.17) is 16.6 Å². The summed E-state index contributed by atoms with van der Waals surface area (Å²) in [5, 5.41) is 7.73. The number of nitrogens with one attached hydrogen (secondary N) is 1. The van der Waals surface area contributed by atoms with Gasteiger partial charge in [-0.25, -0.2) is 0 Å². The number of H-pyrrole nitrogens is 1. The molecule has 14 heavy (non-hydrogen) atoms. The molecular weight excluding hydrogens is 196 g/mol. The summed E-state index contributed by atoms with van der Waals surface area (Å²) in [5.74, 6) is 0.564. The van der Waals surface area contributed by atoms with Gasteiger partial charge in [-0.1, -0.05) is 30.4 Å². The summed E-state index contributed by atoms with van der Waals surface area (Å²) in [7, 11) is 0. The van der Waals surface area contributed by atoms with E-state index in [9.17, 15) is 0 Å². The Morgan fingerprint density at radius 1 is 1.29 bits per heavy atom. The fourth-order valence-corrected chi connectivity index (χ4v) is 1.67. The van der Waals surface area contributed by atoms with Gasteiger partial charge in [-0.05, 0) is 12.1 Å². The van der Waals surface area contributed by atoms with Crippen molar-refractivity contribution >= 4 is 23.2 Å². The van der Waals surface area contributed by atoms with Crippen molar-refractivity contribution in [3.63, 3.8) is 0 Å². The first-order chi connectivity index (χ1) is 6.84. The first-order valence-corrected chi connectivity index (χ1v) is 4.62. The largest absolute Gasteiger partial charge is 0.436 e. The molecule has 1 N–H and O–H groups in total. The lowest BCUT2D eigenvalue weighted by molar-refractivity contribution is 0.598. The number of hydrogen-bond acceptors (Lipinski definition) is 3. The highest BCUT2D eigenvalue weighted by Gasteiger charge is 2.10. The summed E-state index contributed by atoms with van der Waals surface area (Å²) < 4.78 is 6.18. The summed E-state index contributed by atoms with van der Waals surface area (Å²) in [5.41, 5.74) is 1.68. The average Bonchev–Trinajstić information content (AvgIpc) is 2.57. The van der Waals surface area contributed by atoms with E-state index in [1.807, 2.05) is 30.3 Å². The van der Waals surface area contributed by atoms with Gasteiger partial charge in [-0.2, -0.15) is 0 Å². The molecule has 0 amide bonds. The van der Waals surface area contributed by atoms with Crippen LogP contribution in [0.25, 0.3) is 22.4 Å².